The summed E-state index contributed by atoms with van der Waals surface area (Å²) in [5, 5.41) is 5.44. The molecule has 1 amide bonds. The first-order valence-electron chi connectivity index (χ1n) is 9.77. The monoisotopic (exact) mass is 480 g/mol. The molecular formula is C19H21ClN6O3S2. The standard InChI is InChI=1S/C19H21ClN6O3S2/c20-15-4-6-16(7-5-15)31(28,29)25-12-10-24(11-13-25)17(27)3-1-14-30-19-22-18-21-8-2-9-26(18)23-19/h2,4-9H,1,3,10-14H2. The molecule has 0 spiro atoms. The Morgan fingerprint density at radius 3 is 2.58 bits per heavy atom. The Kier molecular flexibility index (Phi) is 6.75. The van der Waals surface area contributed by atoms with Crippen LogP contribution in [0.15, 0.2) is 52.8 Å². The van der Waals surface area contributed by atoms with Gasteiger partial charge in [-0.3, -0.25) is 4.79 Å². The number of halogens is 1. The highest BCUT2D eigenvalue weighted by molar-refractivity contribution is 7.99. The number of hydrogen-bond acceptors (Lipinski definition) is 7. The van der Waals surface area contributed by atoms with Crippen molar-refractivity contribution in [1.29, 1.82) is 0 Å². The first-order chi connectivity index (χ1) is 14.9. The molecule has 164 valence electrons. The molecule has 4 rings (SSSR count). The van der Waals surface area contributed by atoms with Crippen LogP contribution in [0.5, 0.6) is 0 Å². The number of nitrogens with zero attached hydrogens (tertiary/aromatic N) is 6. The van der Waals surface area contributed by atoms with Crippen LogP contribution in [0.2, 0.25) is 5.02 Å². The van der Waals surface area contributed by atoms with E-state index in [1.165, 1.54) is 28.2 Å². The van der Waals surface area contributed by atoms with Gasteiger partial charge in [0.25, 0.3) is 5.78 Å². The zero-order valence-corrected chi connectivity index (χ0v) is 19.0. The summed E-state index contributed by atoms with van der Waals surface area (Å²) < 4.78 is 28.5. The fourth-order valence-corrected chi connectivity index (χ4v) is 5.56. The highest BCUT2D eigenvalue weighted by Crippen LogP contribution is 2.21. The number of fused-ring (bicyclic) bond motifs is 1. The molecule has 0 aliphatic carbocycles. The van der Waals surface area contributed by atoms with E-state index in [-0.39, 0.29) is 23.9 Å². The molecule has 2 aromatic heterocycles. The van der Waals surface area contributed by atoms with Gasteiger partial charge in [0.15, 0.2) is 0 Å². The van der Waals surface area contributed by atoms with Crippen molar-refractivity contribution in [3.63, 3.8) is 0 Å². The lowest BCUT2D eigenvalue weighted by molar-refractivity contribution is -0.132. The minimum Gasteiger partial charge on any atom is -0.340 e. The van der Waals surface area contributed by atoms with Gasteiger partial charge in [-0.15, -0.1) is 5.10 Å². The quantitative estimate of drug-likeness (QED) is 0.377. The van der Waals surface area contributed by atoms with Crippen LogP contribution in [0, 0.1) is 0 Å². The van der Waals surface area contributed by atoms with E-state index in [0.29, 0.717) is 47.6 Å². The molecule has 1 aromatic carbocycles. The van der Waals surface area contributed by atoms with Crippen LogP contribution in [-0.2, 0) is 14.8 Å². The maximum Gasteiger partial charge on any atom is 0.253 e. The number of piperazine rings is 1. The Hall–Kier alpha value is -2.21. The van der Waals surface area contributed by atoms with Gasteiger partial charge in [0.1, 0.15) is 0 Å². The Bertz CT molecular complexity index is 1130. The second-order valence-corrected chi connectivity index (χ2v) is 10.4. The summed E-state index contributed by atoms with van der Waals surface area (Å²) in [5.74, 6) is 1.30. The molecule has 1 fully saturated rings. The molecule has 0 unspecified atom stereocenters. The van der Waals surface area contributed by atoms with Crippen LogP contribution in [0.1, 0.15) is 12.8 Å². The smallest absolute Gasteiger partial charge is 0.253 e. The maximum absolute atomic E-state index is 12.7. The van der Waals surface area contributed by atoms with Gasteiger partial charge >= 0.3 is 0 Å². The number of aromatic nitrogens is 4. The molecule has 0 saturated carbocycles. The fraction of sp³-hybridized carbons (Fsp3) is 0.368. The highest BCUT2D eigenvalue weighted by Gasteiger charge is 2.29. The Balaban J connectivity index is 1.22. The fourth-order valence-electron chi connectivity index (χ4n) is 3.25. The largest absolute Gasteiger partial charge is 0.340 e. The van der Waals surface area contributed by atoms with Gasteiger partial charge in [0.05, 0.1) is 4.90 Å². The number of amides is 1. The number of carbonyl (C=O) groups is 1. The van der Waals surface area contributed by atoms with E-state index < -0.39 is 10.0 Å². The zero-order valence-electron chi connectivity index (χ0n) is 16.6. The van der Waals surface area contributed by atoms with Crippen molar-refractivity contribution in [1.82, 2.24) is 28.8 Å². The molecule has 3 aromatic rings. The topological polar surface area (TPSA) is 101 Å². The van der Waals surface area contributed by atoms with Crippen LogP contribution in [0.4, 0.5) is 0 Å². The van der Waals surface area contributed by atoms with Crippen LogP contribution < -0.4 is 0 Å². The van der Waals surface area contributed by atoms with Crippen molar-refractivity contribution >= 4 is 45.1 Å². The maximum atomic E-state index is 12.7. The number of benzene rings is 1. The Morgan fingerprint density at radius 1 is 1.13 bits per heavy atom. The average molecular weight is 481 g/mol. The van der Waals surface area contributed by atoms with Gasteiger partial charge in [-0.1, -0.05) is 23.4 Å². The van der Waals surface area contributed by atoms with E-state index in [2.05, 4.69) is 15.1 Å². The molecule has 3 heterocycles. The Labute approximate surface area is 189 Å². The number of carbonyl (C=O) groups excluding carboxylic acids is 1. The molecular weight excluding hydrogens is 460 g/mol. The average Bonchev–Trinajstić information content (AvgIpc) is 3.20. The van der Waals surface area contributed by atoms with Gasteiger partial charge in [-0.2, -0.15) is 9.29 Å². The molecule has 0 atom stereocenters. The van der Waals surface area contributed by atoms with Crippen LogP contribution in [0.25, 0.3) is 5.78 Å². The lowest BCUT2D eigenvalue weighted by Gasteiger charge is -2.34. The molecule has 0 bridgehead atoms. The number of thioether (sulfide) groups is 1. The van der Waals surface area contributed by atoms with Crippen molar-refractivity contribution in [2.75, 3.05) is 31.9 Å². The number of sulfonamides is 1. The molecule has 1 aliphatic heterocycles. The second-order valence-electron chi connectivity index (χ2n) is 6.95. The van der Waals surface area contributed by atoms with Gasteiger partial charge < -0.3 is 4.90 Å². The first kappa shape index (κ1) is 22.0. The van der Waals surface area contributed by atoms with Crippen LogP contribution >= 0.6 is 23.4 Å². The molecule has 1 aliphatic rings. The summed E-state index contributed by atoms with van der Waals surface area (Å²) in [6, 6.07) is 7.91. The summed E-state index contributed by atoms with van der Waals surface area (Å²) >= 11 is 7.33. The van der Waals surface area contributed by atoms with E-state index >= 15 is 0 Å². The molecule has 12 heteroatoms. The molecule has 9 nitrogen and oxygen atoms in total. The van der Waals surface area contributed by atoms with E-state index in [4.69, 9.17) is 11.6 Å². The minimum absolute atomic E-state index is 0.0359. The summed E-state index contributed by atoms with van der Waals surface area (Å²) in [7, 11) is -3.58. The van der Waals surface area contributed by atoms with Crippen molar-refractivity contribution < 1.29 is 13.2 Å². The SMILES string of the molecule is O=C(CCCSc1nc2ncccn2n1)N1CCN(S(=O)(=O)c2ccc(Cl)cc2)CC1. The van der Waals surface area contributed by atoms with E-state index in [1.807, 2.05) is 0 Å². The molecule has 31 heavy (non-hydrogen) atoms. The predicted molar refractivity (Wildman–Crippen MR) is 118 cm³/mol. The predicted octanol–water partition coefficient (Wildman–Crippen LogP) is 2.18. The third-order valence-corrected chi connectivity index (χ3v) is 7.99. The summed E-state index contributed by atoms with van der Waals surface area (Å²) in [5.41, 5.74) is 0. The van der Waals surface area contributed by atoms with E-state index in [9.17, 15) is 13.2 Å². The third-order valence-electron chi connectivity index (χ3n) is 4.91. The van der Waals surface area contributed by atoms with E-state index in [1.54, 1.807) is 40.0 Å². The first-order valence-corrected chi connectivity index (χ1v) is 12.6. The number of rotatable bonds is 7. The van der Waals surface area contributed by atoms with Crippen LogP contribution in [-0.4, -0.2) is 75.0 Å². The lowest BCUT2D eigenvalue weighted by atomic mass is 10.2. The van der Waals surface area contributed by atoms with Crippen molar-refractivity contribution in [3.05, 3.63) is 47.7 Å². The molecule has 1 saturated heterocycles. The lowest BCUT2D eigenvalue weighted by Crippen LogP contribution is -2.50. The van der Waals surface area contributed by atoms with Gasteiger partial charge in [0.2, 0.25) is 21.1 Å². The summed E-state index contributed by atoms with van der Waals surface area (Å²) in [6.45, 7) is 1.34. The highest BCUT2D eigenvalue weighted by atomic mass is 35.5. The Morgan fingerprint density at radius 2 is 1.87 bits per heavy atom. The van der Waals surface area contributed by atoms with E-state index in [0.717, 1.165) is 0 Å². The number of hydrogen-bond donors (Lipinski definition) is 0. The van der Waals surface area contributed by atoms with Crippen molar-refractivity contribution in [2.24, 2.45) is 0 Å². The minimum atomic E-state index is -3.58. The van der Waals surface area contributed by atoms with Crippen molar-refractivity contribution in [2.45, 2.75) is 22.9 Å². The second kappa shape index (κ2) is 9.51. The van der Waals surface area contributed by atoms with Crippen molar-refractivity contribution in [3.8, 4) is 0 Å². The van der Waals surface area contributed by atoms with Gasteiger partial charge in [-0.25, -0.2) is 17.9 Å². The normalized spacial score (nSPS) is 15.5. The molecule has 0 N–H and O–H groups in total. The summed E-state index contributed by atoms with van der Waals surface area (Å²) in [4.78, 5) is 22.9. The van der Waals surface area contributed by atoms with Crippen LogP contribution in [0.3, 0.4) is 0 Å². The van der Waals surface area contributed by atoms with Gasteiger partial charge in [-0.05, 0) is 36.8 Å². The zero-order chi connectivity index (χ0) is 21.8. The van der Waals surface area contributed by atoms with Gasteiger partial charge in [0, 0.05) is 55.8 Å². The third kappa shape index (κ3) is 5.17. The molecule has 0 radical (unpaired) electrons. The summed E-state index contributed by atoms with van der Waals surface area (Å²) in [6.07, 6.45) is 4.55.